The first-order valence-electron chi connectivity index (χ1n) is 9.48. The van der Waals surface area contributed by atoms with Gasteiger partial charge in [0.25, 0.3) is 0 Å². The van der Waals surface area contributed by atoms with Gasteiger partial charge in [-0.15, -0.1) is 6.58 Å². The van der Waals surface area contributed by atoms with E-state index in [0.717, 1.165) is 18.2 Å². The third kappa shape index (κ3) is 3.73. The van der Waals surface area contributed by atoms with Crippen LogP contribution in [0.3, 0.4) is 0 Å². The van der Waals surface area contributed by atoms with Gasteiger partial charge in [-0.25, -0.2) is 13.6 Å². The van der Waals surface area contributed by atoms with Crippen LogP contribution in [0.15, 0.2) is 30.9 Å². The van der Waals surface area contributed by atoms with Crippen LogP contribution in [-0.2, 0) is 4.79 Å². The fraction of sp³-hybridized carbons (Fsp3) is 0.500. The van der Waals surface area contributed by atoms with E-state index in [4.69, 9.17) is 0 Å². The zero-order valence-electron chi connectivity index (χ0n) is 16.2. The van der Waals surface area contributed by atoms with Crippen molar-refractivity contribution in [1.82, 2.24) is 15.1 Å². The largest absolute Gasteiger partial charge is 0.324 e. The van der Waals surface area contributed by atoms with E-state index < -0.39 is 23.3 Å². The summed E-state index contributed by atoms with van der Waals surface area (Å²) in [4.78, 5) is 28.6. The molecule has 2 heterocycles. The predicted octanol–water partition coefficient (Wildman–Crippen LogP) is 2.93. The van der Waals surface area contributed by atoms with Gasteiger partial charge in [-0.1, -0.05) is 19.9 Å². The van der Waals surface area contributed by atoms with Gasteiger partial charge >= 0.3 is 6.03 Å². The number of amides is 3. The molecule has 3 rings (SSSR count). The quantitative estimate of drug-likeness (QED) is 0.775. The summed E-state index contributed by atoms with van der Waals surface area (Å²) in [7, 11) is 0. The molecule has 1 aromatic carbocycles. The van der Waals surface area contributed by atoms with E-state index in [9.17, 15) is 18.4 Å². The van der Waals surface area contributed by atoms with Crippen LogP contribution in [0.1, 0.15) is 26.7 Å². The van der Waals surface area contributed by atoms with Crippen LogP contribution < -0.4 is 10.6 Å². The molecule has 8 heteroatoms. The minimum atomic E-state index is -0.691. The summed E-state index contributed by atoms with van der Waals surface area (Å²) >= 11 is 0. The molecule has 1 spiro atoms. The van der Waals surface area contributed by atoms with Crippen LogP contribution in [0.5, 0.6) is 0 Å². The minimum Gasteiger partial charge on any atom is -0.324 e. The number of piperidine rings is 1. The SMILES string of the molecule is C=CCN1C(=O)C(C(C)C)NC12CCN(C(=O)Nc1cc(F)ccc1F)CC2. The summed E-state index contributed by atoms with van der Waals surface area (Å²) in [6.45, 7) is 8.96. The van der Waals surface area contributed by atoms with Gasteiger partial charge in [0.05, 0.1) is 17.4 Å². The summed E-state index contributed by atoms with van der Waals surface area (Å²) in [5.41, 5.74) is -0.700. The maximum Gasteiger partial charge on any atom is 0.321 e. The Hall–Kier alpha value is -2.48. The second kappa shape index (κ2) is 7.87. The van der Waals surface area contributed by atoms with Gasteiger partial charge in [-0.3, -0.25) is 10.1 Å². The molecule has 2 saturated heterocycles. The van der Waals surface area contributed by atoms with E-state index in [1.165, 1.54) is 0 Å². The Kier molecular flexibility index (Phi) is 5.69. The molecule has 0 saturated carbocycles. The first kappa shape index (κ1) is 20.3. The van der Waals surface area contributed by atoms with Gasteiger partial charge in [0.15, 0.2) is 0 Å². The molecule has 0 aromatic heterocycles. The van der Waals surface area contributed by atoms with Crippen LogP contribution >= 0.6 is 0 Å². The highest BCUT2D eigenvalue weighted by atomic mass is 19.1. The number of hydrogen-bond acceptors (Lipinski definition) is 3. The van der Waals surface area contributed by atoms with E-state index in [2.05, 4.69) is 17.2 Å². The number of carbonyl (C=O) groups is 2. The molecule has 2 fully saturated rings. The molecule has 3 amide bonds. The van der Waals surface area contributed by atoms with Gasteiger partial charge in [0.2, 0.25) is 5.91 Å². The maximum absolute atomic E-state index is 13.8. The number of urea groups is 1. The van der Waals surface area contributed by atoms with Gasteiger partial charge in [0, 0.05) is 38.5 Å². The summed E-state index contributed by atoms with van der Waals surface area (Å²) in [5, 5.41) is 5.90. The molecule has 1 unspecified atom stereocenters. The Balaban J connectivity index is 1.68. The monoisotopic (exact) mass is 392 g/mol. The van der Waals surface area contributed by atoms with Crippen molar-refractivity contribution in [3.8, 4) is 0 Å². The molecule has 152 valence electrons. The van der Waals surface area contributed by atoms with Crippen LogP contribution in [0, 0.1) is 17.6 Å². The molecular formula is C20H26F2N4O2. The molecule has 6 nitrogen and oxygen atoms in total. The van der Waals surface area contributed by atoms with Gasteiger partial charge < -0.3 is 15.1 Å². The van der Waals surface area contributed by atoms with Crippen molar-refractivity contribution in [2.45, 2.75) is 38.4 Å². The second-order valence-corrected chi connectivity index (χ2v) is 7.68. The third-order valence-electron chi connectivity index (χ3n) is 5.50. The van der Waals surface area contributed by atoms with Crippen LogP contribution in [0.4, 0.5) is 19.3 Å². The Morgan fingerprint density at radius 3 is 2.68 bits per heavy atom. The number of benzene rings is 1. The van der Waals surface area contributed by atoms with E-state index in [0.29, 0.717) is 32.5 Å². The molecule has 1 aromatic rings. The van der Waals surface area contributed by atoms with Crippen molar-refractivity contribution in [2.75, 3.05) is 25.0 Å². The first-order chi connectivity index (χ1) is 13.3. The molecule has 2 aliphatic heterocycles. The van der Waals surface area contributed by atoms with E-state index in [-0.39, 0.29) is 23.6 Å². The van der Waals surface area contributed by atoms with Crippen LogP contribution in [0.2, 0.25) is 0 Å². The van der Waals surface area contributed by atoms with Crippen molar-refractivity contribution in [1.29, 1.82) is 0 Å². The Morgan fingerprint density at radius 2 is 2.07 bits per heavy atom. The predicted molar refractivity (Wildman–Crippen MR) is 103 cm³/mol. The highest BCUT2D eigenvalue weighted by Gasteiger charge is 2.52. The van der Waals surface area contributed by atoms with Crippen LogP contribution in [-0.4, -0.2) is 53.1 Å². The summed E-state index contributed by atoms with van der Waals surface area (Å²) in [5.74, 6) is -1.11. The zero-order valence-corrected chi connectivity index (χ0v) is 16.2. The topological polar surface area (TPSA) is 64.7 Å². The normalized spacial score (nSPS) is 21.5. The number of likely N-dealkylation sites (tertiary alicyclic amines) is 1. The third-order valence-corrected chi connectivity index (χ3v) is 5.50. The highest BCUT2D eigenvalue weighted by Crippen LogP contribution is 2.34. The number of hydrogen-bond donors (Lipinski definition) is 2. The van der Waals surface area contributed by atoms with Gasteiger partial charge in [-0.05, 0) is 18.1 Å². The maximum atomic E-state index is 13.8. The molecule has 2 N–H and O–H groups in total. The van der Waals surface area contributed by atoms with Crippen molar-refractivity contribution in [3.05, 3.63) is 42.5 Å². The Labute approximate surface area is 163 Å². The smallest absolute Gasteiger partial charge is 0.321 e. The lowest BCUT2D eigenvalue weighted by Gasteiger charge is -2.44. The van der Waals surface area contributed by atoms with Crippen molar-refractivity contribution in [2.24, 2.45) is 5.92 Å². The summed E-state index contributed by atoms with van der Waals surface area (Å²) in [6, 6.07) is 2.18. The highest BCUT2D eigenvalue weighted by molar-refractivity contribution is 5.90. The average molecular weight is 392 g/mol. The van der Waals surface area contributed by atoms with Crippen molar-refractivity contribution >= 4 is 17.6 Å². The second-order valence-electron chi connectivity index (χ2n) is 7.68. The molecule has 0 bridgehead atoms. The Morgan fingerprint density at radius 1 is 1.39 bits per heavy atom. The molecule has 2 aliphatic rings. The van der Waals surface area contributed by atoms with Crippen molar-refractivity contribution < 1.29 is 18.4 Å². The minimum absolute atomic E-state index is 0.0506. The average Bonchev–Trinajstić information content (AvgIpc) is 2.92. The number of anilines is 1. The number of nitrogens with one attached hydrogen (secondary N) is 2. The van der Waals surface area contributed by atoms with E-state index in [1.807, 2.05) is 18.7 Å². The van der Waals surface area contributed by atoms with E-state index >= 15 is 0 Å². The van der Waals surface area contributed by atoms with Gasteiger partial charge in [-0.2, -0.15) is 0 Å². The number of carbonyl (C=O) groups excluding carboxylic acids is 2. The molecule has 28 heavy (non-hydrogen) atoms. The number of halogens is 2. The molecular weight excluding hydrogens is 366 g/mol. The fourth-order valence-corrected chi connectivity index (χ4v) is 3.94. The van der Waals surface area contributed by atoms with E-state index in [1.54, 1.807) is 11.0 Å². The molecule has 1 atom stereocenters. The number of nitrogens with zero attached hydrogens (tertiary/aromatic N) is 2. The Bertz CT molecular complexity index is 775. The molecule has 0 aliphatic carbocycles. The first-order valence-corrected chi connectivity index (χ1v) is 9.48. The lowest BCUT2D eigenvalue weighted by Crippen LogP contribution is -2.60. The fourth-order valence-electron chi connectivity index (χ4n) is 3.94. The summed E-state index contributed by atoms with van der Waals surface area (Å²) in [6.07, 6.45) is 2.81. The molecule has 0 radical (unpaired) electrons. The lowest BCUT2D eigenvalue weighted by atomic mass is 9.95. The number of rotatable bonds is 4. The summed E-state index contributed by atoms with van der Waals surface area (Å²) < 4.78 is 27.1. The van der Waals surface area contributed by atoms with Crippen molar-refractivity contribution in [3.63, 3.8) is 0 Å². The van der Waals surface area contributed by atoms with Crippen LogP contribution in [0.25, 0.3) is 0 Å². The lowest BCUT2D eigenvalue weighted by molar-refractivity contribution is -0.133. The standard InChI is InChI=1S/C20H26F2N4O2/c1-4-9-26-18(27)17(13(2)3)24-20(26)7-10-25(11-8-20)19(28)23-16-12-14(21)5-6-15(16)22/h4-6,12-13,17,24H,1,7-11H2,2-3H3,(H,23,28). The zero-order chi connectivity index (χ0) is 20.5. The van der Waals surface area contributed by atoms with Gasteiger partial charge in [0.1, 0.15) is 11.6 Å².